The molecule has 0 radical (unpaired) electrons. The molecule has 3 aromatic rings. The molecule has 0 unspecified atom stereocenters. The number of fused-ring (bicyclic) bond motifs is 2. The van der Waals surface area contributed by atoms with Gasteiger partial charge in [-0.3, -0.25) is 14.4 Å². The minimum atomic E-state index is -0.564. The minimum Gasteiger partial charge on any atom is -0.447 e. The summed E-state index contributed by atoms with van der Waals surface area (Å²) in [7, 11) is 0. The molecule has 0 fully saturated rings. The van der Waals surface area contributed by atoms with Gasteiger partial charge in [-0.1, -0.05) is 42.5 Å². The lowest BCUT2D eigenvalue weighted by Gasteiger charge is -2.11. The van der Waals surface area contributed by atoms with E-state index >= 15 is 0 Å². The molecule has 134 valence electrons. The maximum atomic E-state index is 13.6. The van der Waals surface area contributed by atoms with Crippen LogP contribution < -0.4 is 5.32 Å². The highest BCUT2D eigenvalue weighted by Crippen LogP contribution is 2.29. The number of furan rings is 1. The third-order valence-electron chi connectivity index (χ3n) is 4.46. The van der Waals surface area contributed by atoms with Gasteiger partial charge in [-0.05, 0) is 18.1 Å². The minimum absolute atomic E-state index is 0.0814. The topological polar surface area (TPSA) is 76.4 Å². The lowest BCUT2D eigenvalue weighted by Crippen LogP contribution is -2.25. The number of benzene rings is 2. The van der Waals surface area contributed by atoms with E-state index in [0.29, 0.717) is 17.5 Å². The van der Waals surface area contributed by atoms with Gasteiger partial charge in [0.1, 0.15) is 5.82 Å². The Balaban J connectivity index is 1.51. The Kier molecular flexibility index (Phi) is 4.16. The number of carbonyl (C=O) groups is 3. The molecule has 1 heterocycles. The maximum absolute atomic E-state index is 13.6. The van der Waals surface area contributed by atoms with Crippen molar-refractivity contribution in [3.05, 3.63) is 94.2 Å². The van der Waals surface area contributed by atoms with E-state index < -0.39 is 11.7 Å². The third kappa shape index (κ3) is 2.95. The van der Waals surface area contributed by atoms with Crippen LogP contribution in [0.15, 0.2) is 59.0 Å². The molecule has 0 bridgehead atoms. The van der Waals surface area contributed by atoms with Crippen LogP contribution >= 0.6 is 0 Å². The Morgan fingerprint density at radius 3 is 2.33 bits per heavy atom. The van der Waals surface area contributed by atoms with E-state index in [9.17, 15) is 18.8 Å². The van der Waals surface area contributed by atoms with Crippen molar-refractivity contribution in [3.8, 4) is 0 Å². The van der Waals surface area contributed by atoms with Crippen molar-refractivity contribution in [2.24, 2.45) is 0 Å². The summed E-state index contributed by atoms with van der Waals surface area (Å²) in [6.07, 6.45) is 0.308. The average molecular weight is 363 g/mol. The molecular weight excluding hydrogens is 349 g/mol. The van der Waals surface area contributed by atoms with E-state index in [1.54, 1.807) is 42.5 Å². The van der Waals surface area contributed by atoms with Crippen LogP contribution in [0.2, 0.25) is 0 Å². The van der Waals surface area contributed by atoms with Gasteiger partial charge in [0, 0.05) is 23.7 Å². The Bertz CT molecular complexity index is 1030. The molecule has 0 atom stereocenters. The summed E-state index contributed by atoms with van der Waals surface area (Å²) in [5, 5.41) is 2.61. The average Bonchev–Trinajstić information content (AvgIpc) is 3.14. The first-order valence-corrected chi connectivity index (χ1v) is 8.40. The summed E-state index contributed by atoms with van der Waals surface area (Å²) < 4.78 is 19.0. The molecule has 27 heavy (non-hydrogen) atoms. The number of amides is 1. The van der Waals surface area contributed by atoms with Gasteiger partial charge in [-0.2, -0.15) is 0 Å². The standard InChI is InChI=1S/C21H14FNO4/c22-16-8-4-1-5-12(16)9-10-23-21(26)17-11-15-18(24)13-6-2-3-7-14(13)19(25)20(15)27-17/h1-8,11H,9-10H2,(H,23,26). The summed E-state index contributed by atoms with van der Waals surface area (Å²) >= 11 is 0. The molecule has 5 nitrogen and oxygen atoms in total. The van der Waals surface area contributed by atoms with Gasteiger partial charge in [0.05, 0.1) is 5.56 Å². The van der Waals surface area contributed by atoms with Crippen molar-refractivity contribution < 1.29 is 23.2 Å². The van der Waals surface area contributed by atoms with Crippen molar-refractivity contribution in [1.82, 2.24) is 5.32 Å². The summed E-state index contributed by atoms with van der Waals surface area (Å²) in [6.45, 7) is 0.188. The second kappa shape index (κ2) is 6.64. The van der Waals surface area contributed by atoms with Crippen molar-refractivity contribution in [3.63, 3.8) is 0 Å². The van der Waals surface area contributed by atoms with E-state index in [4.69, 9.17) is 4.42 Å². The normalized spacial score (nSPS) is 12.5. The van der Waals surface area contributed by atoms with Gasteiger partial charge in [0.25, 0.3) is 5.91 Å². The van der Waals surface area contributed by atoms with Crippen molar-refractivity contribution in [2.75, 3.05) is 6.54 Å². The zero-order valence-electron chi connectivity index (χ0n) is 14.1. The predicted octanol–water partition coefficient (Wildman–Crippen LogP) is 3.17. The fraction of sp³-hybridized carbons (Fsp3) is 0.0952. The number of ketones is 2. The van der Waals surface area contributed by atoms with Crippen LogP contribution in [0, 0.1) is 5.82 Å². The molecule has 1 N–H and O–H groups in total. The molecule has 6 heteroatoms. The molecule has 2 aromatic carbocycles. The smallest absolute Gasteiger partial charge is 0.287 e. The highest BCUT2D eigenvalue weighted by Gasteiger charge is 2.34. The first-order valence-electron chi connectivity index (χ1n) is 8.40. The Morgan fingerprint density at radius 1 is 0.926 bits per heavy atom. The summed E-state index contributed by atoms with van der Waals surface area (Å²) in [5.41, 5.74) is 1.12. The first-order chi connectivity index (χ1) is 13.1. The number of hydrogen-bond acceptors (Lipinski definition) is 4. The van der Waals surface area contributed by atoms with E-state index in [1.165, 1.54) is 12.1 Å². The highest BCUT2D eigenvalue weighted by molar-refractivity contribution is 6.27. The SMILES string of the molecule is O=C(NCCc1ccccc1F)c1cc2c(o1)C(=O)c1ccccc1C2=O. The number of hydrogen-bond donors (Lipinski definition) is 1. The Morgan fingerprint density at radius 2 is 1.59 bits per heavy atom. The second-order valence-corrected chi connectivity index (χ2v) is 6.15. The molecule has 0 saturated carbocycles. The van der Waals surface area contributed by atoms with Crippen molar-refractivity contribution >= 4 is 17.5 Å². The fourth-order valence-electron chi connectivity index (χ4n) is 3.09. The van der Waals surface area contributed by atoms with Gasteiger partial charge in [-0.15, -0.1) is 0 Å². The van der Waals surface area contributed by atoms with E-state index in [2.05, 4.69) is 5.32 Å². The first kappa shape index (κ1) is 16.9. The molecule has 1 aliphatic rings. The maximum Gasteiger partial charge on any atom is 0.287 e. The Hall–Kier alpha value is -3.54. The van der Waals surface area contributed by atoms with Gasteiger partial charge in [-0.25, -0.2) is 4.39 Å². The van der Waals surface area contributed by atoms with Crippen LogP contribution in [-0.4, -0.2) is 24.0 Å². The lowest BCUT2D eigenvalue weighted by atomic mass is 9.89. The van der Waals surface area contributed by atoms with Crippen LogP contribution in [0.25, 0.3) is 0 Å². The van der Waals surface area contributed by atoms with Gasteiger partial charge in [0.2, 0.25) is 5.78 Å². The lowest BCUT2D eigenvalue weighted by molar-refractivity contribution is 0.0914. The van der Waals surface area contributed by atoms with Crippen LogP contribution in [0.4, 0.5) is 4.39 Å². The zero-order chi connectivity index (χ0) is 19.0. The van der Waals surface area contributed by atoms with E-state index in [0.717, 1.165) is 0 Å². The summed E-state index contributed by atoms with van der Waals surface area (Å²) in [5.74, 6) is -1.93. The number of halogens is 1. The predicted molar refractivity (Wildman–Crippen MR) is 94.5 cm³/mol. The second-order valence-electron chi connectivity index (χ2n) is 6.15. The number of carbonyl (C=O) groups excluding carboxylic acids is 3. The van der Waals surface area contributed by atoms with Crippen LogP contribution in [0.5, 0.6) is 0 Å². The van der Waals surface area contributed by atoms with Gasteiger partial charge in [0.15, 0.2) is 17.3 Å². The van der Waals surface area contributed by atoms with Crippen LogP contribution in [0.1, 0.15) is 48.2 Å². The van der Waals surface area contributed by atoms with Crippen molar-refractivity contribution in [2.45, 2.75) is 6.42 Å². The molecule has 0 aliphatic heterocycles. The molecule has 0 saturated heterocycles. The molecule has 1 aromatic heterocycles. The quantitative estimate of drug-likeness (QED) is 0.604. The third-order valence-corrected chi connectivity index (χ3v) is 4.46. The molecule has 1 amide bonds. The summed E-state index contributed by atoms with van der Waals surface area (Å²) in [6, 6.07) is 14.0. The largest absolute Gasteiger partial charge is 0.447 e. The monoisotopic (exact) mass is 363 g/mol. The molecule has 1 aliphatic carbocycles. The van der Waals surface area contributed by atoms with E-state index in [1.807, 2.05) is 0 Å². The number of rotatable bonds is 4. The molecule has 0 spiro atoms. The molecular formula is C21H14FNO4. The number of nitrogens with one attached hydrogen (secondary N) is 1. The van der Waals surface area contributed by atoms with Crippen LogP contribution in [0.3, 0.4) is 0 Å². The van der Waals surface area contributed by atoms with Crippen LogP contribution in [-0.2, 0) is 6.42 Å². The summed E-state index contributed by atoms with van der Waals surface area (Å²) in [4.78, 5) is 37.3. The van der Waals surface area contributed by atoms with Crippen molar-refractivity contribution in [1.29, 1.82) is 0 Å². The van der Waals surface area contributed by atoms with E-state index in [-0.39, 0.29) is 40.8 Å². The van der Waals surface area contributed by atoms with Gasteiger partial charge >= 0.3 is 0 Å². The Labute approximate surface area is 153 Å². The fourth-order valence-corrected chi connectivity index (χ4v) is 3.09. The highest BCUT2D eigenvalue weighted by atomic mass is 19.1. The molecule has 4 rings (SSSR count). The van der Waals surface area contributed by atoms with Gasteiger partial charge < -0.3 is 9.73 Å². The zero-order valence-corrected chi connectivity index (χ0v) is 14.1.